The van der Waals surface area contributed by atoms with Gasteiger partial charge in [0.15, 0.2) is 5.78 Å². The maximum Gasteiger partial charge on any atom is 0.156 e. The highest BCUT2D eigenvalue weighted by atomic mass is 35.5. The second-order valence-electron chi connectivity index (χ2n) is 6.06. The van der Waals surface area contributed by atoms with Gasteiger partial charge in [-0.05, 0) is 18.9 Å². The summed E-state index contributed by atoms with van der Waals surface area (Å²) >= 11 is 12.8. The summed E-state index contributed by atoms with van der Waals surface area (Å²) in [7, 11) is 0. The maximum absolute atomic E-state index is 11.9. The Morgan fingerprint density at radius 1 is 1.46 bits per heavy atom. The number of halogens is 2. The van der Waals surface area contributed by atoms with Gasteiger partial charge >= 0.3 is 0 Å². The monoisotopic (exact) mass is 368 g/mol. The molecule has 128 valence electrons. The molecule has 1 aliphatic carbocycles. The third-order valence-electron chi connectivity index (χ3n) is 4.32. The molecule has 2 aliphatic rings. The van der Waals surface area contributed by atoms with Crippen LogP contribution in [0.15, 0.2) is 12.1 Å². The highest BCUT2D eigenvalue weighted by molar-refractivity contribution is 6.44. The lowest BCUT2D eigenvalue weighted by Gasteiger charge is -2.32. The fourth-order valence-corrected chi connectivity index (χ4v) is 3.82. The van der Waals surface area contributed by atoms with E-state index in [1.807, 2.05) is 0 Å². The van der Waals surface area contributed by atoms with Crippen molar-refractivity contribution in [3.63, 3.8) is 0 Å². The molecular weight excluding hydrogens is 351 g/mol. The molecule has 1 heterocycles. The number of rotatable bonds is 5. The summed E-state index contributed by atoms with van der Waals surface area (Å²) in [5.41, 5.74) is 6.26. The van der Waals surface area contributed by atoms with Crippen LogP contribution >= 0.6 is 23.2 Å². The summed E-state index contributed by atoms with van der Waals surface area (Å²) < 4.78 is 11.7. The summed E-state index contributed by atoms with van der Waals surface area (Å²) in [5, 5.41) is 7.79. The van der Waals surface area contributed by atoms with Crippen LogP contribution in [-0.4, -0.2) is 23.8 Å². The van der Waals surface area contributed by atoms with E-state index in [-0.39, 0.29) is 23.2 Å². The first kappa shape index (κ1) is 17.1. The van der Waals surface area contributed by atoms with Crippen molar-refractivity contribution < 1.29 is 14.3 Å². The third-order valence-corrected chi connectivity index (χ3v) is 5.17. The van der Waals surface area contributed by atoms with Gasteiger partial charge in [-0.1, -0.05) is 36.5 Å². The Morgan fingerprint density at radius 3 is 2.88 bits per heavy atom. The van der Waals surface area contributed by atoms with E-state index < -0.39 is 5.60 Å². The Balaban J connectivity index is 2.09. The zero-order valence-electron chi connectivity index (χ0n) is 13.2. The van der Waals surface area contributed by atoms with Gasteiger partial charge in [-0.2, -0.15) is 0 Å². The van der Waals surface area contributed by atoms with Crippen LogP contribution < -0.4 is 15.2 Å². The number of carbonyl (C=O) groups is 1. The van der Waals surface area contributed by atoms with Gasteiger partial charge in [0.05, 0.1) is 5.02 Å². The molecule has 1 aromatic carbocycles. The van der Waals surface area contributed by atoms with E-state index in [0.717, 1.165) is 18.4 Å². The number of amidine groups is 1. The van der Waals surface area contributed by atoms with Crippen LogP contribution in [0.1, 0.15) is 38.2 Å². The smallest absolute Gasteiger partial charge is 0.156 e. The van der Waals surface area contributed by atoms with E-state index in [1.165, 1.54) is 0 Å². The predicted octanol–water partition coefficient (Wildman–Crippen LogP) is 3.99. The van der Waals surface area contributed by atoms with E-state index in [9.17, 15) is 4.79 Å². The molecule has 7 heteroatoms. The molecule has 0 saturated heterocycles. The Hall–Kier alpha value is -1.72. The van der Waals surface area contributed by atoms with Gasteiger partial charge in [0, 0.05) is 23.6 Å². The van der Waals surface area contributed by atoms with Crippen LogP contribution in [0.4, 0.5) is 0 Å². The van der Waals surface area contributed by atoms with Crippen molar-refractivity contribution in [2.24, 2.45) is 5.73 Å². The van der Waals surface area contributed by atoms with Crippen LogP contribution in [0.2, 0.25) is 10.0 Å². The van der Waals surface area contributed by atoms with E-state index >= 15 is 0 Å². The maximum atomic E-state index is 11.9. The number of allylic oxidation sites excluding steroid dienone is 1. The largest absolute Gasteiger partial charge is 0.484 e. The van der Waals surface area contributed by atoms with E-state index in [1.54, 1.807) is 12.1 Å². The summed E-state index contributed by atoms with van der Waals surface area (Å²) in [5.74, 6) is 0.815. The number of ketones is 1. The van der Waals surface area contributed by atoms with Crippen LogP contribution in [0, 0.1) is 5.41 Å². The molecule has 3 rings (SSSR count). The van der Waals surface area contributed by atoms with Gasteiger partial charge in [0.25, 0.3) is 0 Å². The lowest BCUT2D eigenvalue weighted by Crippen LogP contribution is -2.36. The number of nitrogens with two attached hydrogens (primary N) is 1. The van der Waals surface area contributed by atoms with Crippen molar-refractivity contribution in [2.75, 3.05) is 6.61 Å². The highest BCUT2D eigenvalue weighted by Gasteiger charge is 2.47. The molecule has 5 nitrogen and oxygen atoms in total. The zero-order chi connectivity index (χ0) is 17.5. The molecule has 3 N–H and O–H groups in total. The highest BCUT2D eigenvalue weighted by Crippen LogP contribution is 2.56. The molecule has 0 saturated carbocycles. The number of ether oxygens (including phenoxy) is 2. The van der Waals surface area contributed by atoms with Crippen LogP contribution in [0.5, 0.6) is 11.5 Å². The van der Waals surface area contributed by atoms with Crippen molar-refractivity contribution in [1.29, 1.82) is 5.41 Å². The molecule has 0 unspecified atom stereocenters. The van der Waals surface area contributed by atoms with E-state index in [2.05, 4.69) is 6.92 Å². The van der Waals surface area contributed by atoms with Crippen LogP contribution in [0.25, 0.3) is 5.57 Å². The average Bonchev–Trinajstić information content (AvgIpc) is 2.83. The molecule has 0 bridgehead atoms. The van der Waals surface area contributed by atoms with Crippen molar-refractivity contribution in [3.8, 4) is 11.5 Å². The Bertz CT molecular complexity index is 761. The molecule has 1 atom stereocenters. The SMILES string of the molecule is CCC[C@@]12CCC(=O)C=C1c1c(cc(OCC(=N)N)c(Cl)c1Cl)O2. The standard InChI is InChI=1S/C17H18Cl2N2O3/c1-2-4-17-5-3-9(22)6-10(17)14-11(24-17)7-12(15(18)16(14)19)23-8-13(20)21/h6-7H,2-5,8H2,1H3,(H3,20,21)/t17-/m1/s1. The minimum absolute atomic E-state index is 0.0669. The molecule has 1 aliphatic heterocycles. The minimum atomic E-state index is -0.531. The zero-order valence-corrected chi connectivity index (χ0v) is 14.8. The second-order valence-corrected chi connectivity index (χ2v) is 6.82. The molecular formula is C17H18Cl2N2O3. The number of carbonyl (C=O) groups excluding carboxylic acids is 1. The average molecular weight is 369 g/mol. The van der Waals surface area contributed by atoms with Gasteiger partial charge in [0.2, 0.25) is 0 Å². The first-order valence-corrected chi connectivity index (χ1v) is 8.55. The minimum Gasteiger partial charge on any atom is -0.484 e. The van der Waals surface area contributed by atoms with Crippen molar-refractivity contribution in [2.45, 2.75) is 38.2 Å². The summed E-state index contributed by atoms with van der Waals surface area (Å²) in [4.78, 5) is 11.9. The quantitative estimate of drug-likeness (QED) is 0.607. The van der Waals surface area contributed by atoms with E-state index in [0.29, 0.717) is 34.9 Å². The fraction of sp³-hybridized carbons (Fsp3) is 0.412. The van der Waals surface area contributed by atoms with Crippen LogP contribution in [-0.2, 0) is 4.79 Å². The molecule has 24 heavy (non-hydrogen) atoms. The number of nitrogens with one attached hydrogen (secondary N) is 1. The van der Waals surface area contributed by atoms with Crippen molar-refractivity contribution in [1.82, 2.24) is 0 Å². The summed E-state index contributed by atoms with van der Waals surface area (Å²) in [6.45, 7) is 1.99. The molecule has 0 aromatic heterocycles. The van der Waals surface area contributed by atoms with E-state index in [4.69, 9.17) is 43.8 Å². The molecule has 1 aromatic rings. The van der Waals surface area contributed by atoms with Gasteiger partial charge in [-0.25, -0.2) is 0 Å². The summed E-state index contributed by atoms with van der Waals surface area (Å²) in [6, 6.07) is 1.66. The number of hydrogen-bond donors (Lipinski definition) is 2. The van der Waals surface area contributed by atoms with Gasteiger partial charge in [0.1, 0.15) is 34.6 Å². The Kier molecular flexibility index (Phi) is 4.49. The van der Waals surface area contributed by atoms with Gasteiger partial charge in [-0.3, -0.25) is 10.2 Å². The molecule has 0 amide bonds. The van der Waals surface area contributed by atoms with Crippen molar-refractivity contribution >= 4 is 40.4 Å². The van der Waals surface area contributed by atoms with Gasteiger partial charge < -0.3 is 15.2 Å². The van der Waals surface area contributed by atoms with Gasteiger partial charge in [-0.15, -0.1) is 0 Å². The lowest BCUT2D eigenvalue weighted by molar-refractivity contribution is -0.115. The molecule has 0 radical (unpaired) electrons. The fourth-order valence-electron chi connectivity index (χ4n) is 3.33. The van der Waals surface area contributed by atoms with Crippen molar-refractivity contribution in [3.05, 3.63) is 27.8 Å². The normalized spacial score (nSPS) is 21.6. The topological polar surface area (TPSA) is 85.4 Å². The Morgan fingerprint density at radius 2 is 2.21 bits per heavy atom. The number of fused-ring (bicyclic) bond motifs is 3. The molecule has 0 spiro atoms. The predicted molar refractivity (Wildman–Crippen MR) is 94.4 cm³/mol. The second kappa shape index (κ2) is 6.30. The third kappa shape index (κ3) is 2.76. The summed E-state index contributed by atoms with van der Waals surface area (Å²) in [6.07, 6.45) is 4.41. The lowest BCUT2D eigenvalue weighted by atomic mass is 9.78. The number of benzene rings is 1. The first-order chi connectivity index (χ1) is 11.4. The van der Waals surface area contributed by atoms with Crippen LogP contribution in [0.3, 0.4) is 0 Å². The number of hydrogen-bond acceptors (Lipinski definition) is 4. The first-order valence-electron chi connectivity index (χ1n) is 7.80. The Labute approximate surface area is 150 Å². The molecule has 0 fully saturated rings.